The Labute approximate surface area is 90.0 Å². The van der Waals surface area contributed by atoms with E-state index in [0.29, 0.717) is 12.8 Å². The normalized spacial score (nSPS) is 25.8. The van der Waals surface area contributed by atoms with Crippen molar-refractivity contribution in [2.24, 2.45) is 5.84 Å². The number of nitrogens with two attached hydrogens (primary N) is 1. The molecule has 3 N–H and O–H groups in total. The Bertz CT molecular complexity index is 247. The Kier molecular flexibility index (Phi) is 4.51. The Morgan fingerprint density at radius 3 is 2.75 bits per heavy atom. The van der Waals surface area contributed by atoms with Gasteiger partial charge in [0.15, 0.2) is 0 Å². The second-order valence-corrected chi connectivity index (χ2v) is 3.46. The van der Waals surface area contributed by atoms with E-state index in [1.807, 2.05) is 5.43 Å². The molecule has 8 heteroatoms. The molecule has 5 nitrogen and oxygen atoms in total. The van der Waals surface area contributed by atoms with Gasteiger partial charge in [0.25, 0.3) is 5.91 Å². The van der Waals surface area contributed by atoms with Crippen LogP contribution in [0, 0.1) is 0 Å². The maximum atomic E-state index is 11.7. The second-order valence-electron chi connectivity index (χ2n) is 3.46. The zero-order valence-electron chi connectivity index (χ0n) is 8.42. The lowest BCUT2D eigenvalue weighted by atomic mass is 10.2. The van der Waals surface area contributed by atoms with Crippen molar-refractivity contribution < 1.29 is 27.4 Å². The van der Waals surface area contributed by atoms with Crippen LogP contribution in [0.5, 0.6) is 0 Å². The average Bonchev–Trinajstić information content (AvgIpc) is 2.63. The zero-order chi connectivity index (χ0) is 12.2. The van der Waals surface area contributed by atoms with Gasteiger partial charge in [-0.2, -0.15) is 13.2 Å². The van der Waals surface area contributed by atoms with Crippen molar-refractivity contribution in [2.75, 3.05) is 13.2 Å². The SMILES string of the molecule is NNC(=O)C1CCC(COCC(F)(F)F)O1. The molecule has 2 atom stereocenters. The molecule has 1 heterocycles. The summed E-state index contributed by atoms with van der Waals surface area (Å²) in [5.41, 5.74) is 1.92. The van der Waals surface area contributed by atoms with Gasteiger partial charge in [-0.3, -0.25) is 10.2 Å². The van der Waals surface area contributed by atoms with Crippen molar-refractivity contribution in [1.29, 1.82) is 0 Å². The fourth-order valence-electron chi connectivity index (χ4n) is 1.42. The van der Waals surface area contributed by atoms with Crippen LogP contribution in [-0.2, 0) is 14.3 Å². The van der Waals surface area contributed by atoms with E-state index in [-0.39, 0.29) is 6.61 Å². The van der Waals surface area contributed by atoms with Crippen molar-refractivity contribution in [3.8, 4) is 0 Å². The minimum atomic E-state index is -4.34. The summed E-state index contributed by atoms with van der Waals surface area (Å²) in [6.07, 6.45) is -4.60. The van der Waals surface area contributed by atoms with Crippen molar-refractivity contribution in [3.05, 3.63) is 0 Å². The van der Waals surface area contributed by atoms with Gasteiger partial charge in [-0.15, -0.1) is 0 Å². The summed E-state index contributed by atoms with van der Waals surface area (Å²) in [7, 11) is 0. The van der Waals surface area contributed by atoms with Crippen molar-refractivity contribution >= 4 is 5.91 Å². The third kappa shape index (κ3) is 4.33. The van der Waals surface area contributed by atoms with Crippen LogP contribution in [0.1, 0.15) is 12.8 Å². The highest BCUT2D eigenvalue weighted by molar-refractivity contribution is 5.80. The number of alkyl halides is 3. The maximum absolute atomic E-state index is 11.7. The molecule has 16 heavy (non-hydrogen) atoms. The number of rotatable bonds is 4. The van der Waals surface area contributed by atoms with Crippen molar-refractivity contribution in [1.82, 2.24) is 5.43 Å². The number of amides is 1. The third-order valence-corrected chi connectivity index (χ3v) is 2.11. The van der Waals surface area contributed by atoms with Gasteiger partial charge >= 0.3 is 6.18 Å². The first kappa shape index (κ1) is 13.2. The summed E-state index contributed by atoms with van der Waals surface area (Å²) in [6, 6.07) is 0. The molecule has 0 saturated carbocycles. The molecule has 1 aliphatic heterocycles. The van der Waals surface area contributed by atoms with Crippen LogP contribution < -0.4 is 11.3 Å². The number of ether oxygens (including phenoxy) is 2. The molecule has 0 radical (unpaired) electrons. The van der Waals surface area contributed by atoms with E-state index in [2.05, 4.69) is 4.74 Å². The van der Waals surface area contributed by atoms with Gasteiger partial charge in [0.1, 0.15) is 12.7 Å². The summed E-state index contributed by atoms with van der Waals surface area (Å²) >= 11 is 0. The lowest BCUT2D eigenvalue weighted by Crippen LogP contribution is -2.39. The predicted molar refractivity (Wildman–Crippen MR) is 47.1 cm³/mol. The van der Waals surface area contributed by atoms with Crippen molar-refractivity contribution in [3.63, 3.8) is 0 Å². The number of halogens is 3. The number of hydrogen-bond donors (Lipinski definition) is 2. The number of carbonyl (C=O) groups is 1. The number of nitrogens with one attached hydrogen (secondary N) is 1. The van der Waals surface area contributed by atoms with E-state index in [1.54, 1.807) is 0 Å². The predicted octanol–water partition coefficient (Wildman–Crippen LogP) is 0.103. The lowest BCUT2D eigenvalue weighted by Gasteiger charge is -2.13. The first-order valence-electron chi connectivity index (χ1n) is 4.73. The number of hydrogen-bond acceptors (Lipinski definition) is 4. The van der Waals surface area contributed by atoms with E-state index >= 15 is 0 Å². The van der Waals surface area contributed by atoms with Crippen LogP contribution in [0.4, 0.5) is 13.2 Å². The summed E-state index contributed by atoms with van der Waals surface area (Å²) in [6.45, 7) is -1.48. The van der Waals surface area contributed by atoms with Crippen molar-refractivity contribution in [2.45, 2.75) is 31.2 Å². The Morgan fingerprint density at radius 1 is 1.50 bits per heavy atom. The summed E-state index contributed by atoms with van der Waals surface area (Å²) < 4.78 is 44.8. The van der Waals surface area contributed by atoms with E-state index in [0.717, 1.165) is 0 Å². The third-order valence-electron chi connectivity index (χ3n) is 2.11. The van der Waals surface area contributed by atoms with E-state index in [1.165, 1.54) is 0 Å². The highest BCUT2D eigenvalue weighted by atomic mass is 19.4. The Hall–Kier alpha value is -0.860. The molecule has 0 aromatic carbocycles. The first-order chi connectivity index (χ1) is 7.42. The van der Waals surface area contributed by atoms with Crippen LogP contribution in [0.2, 0.25) is 0 Å². The highest BCUT2D eigenvalue weighted by Gasteiger charge is 2.32. The largest absolute Gasteiger partial charge is 0.411 e. The topological polar surface area (TPSA) is 73.6 Å². The molecule has 1 rings (SSSR count). The lowest BCUT2D eigenvalue weighted by molar-refractivity contribution is -0.181. The molecule has 2 unspecified atom stereocenters. The zero-order valence-corrected chi connectivity index (χ0v) is 8.42. The van der Waals surface area contributed by atoms with Crippen LogP contribution in [0.15, 0.2) is 0 Å². The molecule has 0 aliphatic carbocycles. The molecule has 1 fully saturated rings. The monoisotopic (exact) mass is 242 g/mol. The summed E-state index contributed by atoms with van der Waals surface area (Å²) in [4.78, 5) is 11.0. The van der Waals surface area contributed by atoms with E-state index < -0.39 is 30.9 Å². The number of hydrazine groups is 1. The Morgan fingerprint density at radius 2 is 2.19 bits per heavy atom. The van der Waals surface area contributed by atoms with Gasteiger partial charge in [0.2, 0.25) is 0 Å². The van der Waals surface area contributed by atoms with Gasteiger partial charge in [-0.05, 0) is 12.8 Å². The van der Waals surface area contributed by atoms with Gasteiger partial charge in [-0.1, -0.05) is 0 Å². The molecule has 1 saturated heterocycles. The van der Waals surface area contributed by atoms with Crippen LogP contribution in [0.3, 0.4) is 0 Å². The van der Waals surface area contributed by atoms with Gasteiger partial charge in [-0.25, -0.2) is 5.84 Å². The highest BCUT2D eigenvalue weighted by Crippen LogP contribution is 2.21. The van der Waals surface area contributed by atoms with E-state index in [4.69, 9.17) is 10.6 Å². The van der Waals surface area contributed by atoms with Crippen LogP contribution in [-0.4, -0.2) is 37.5 Å². The molecule has 0 aromatic rings. The average molecular weight is 242 g/mol. The van der Waals surface area contributed by atoms with Crippen LogP contribution in [0.25, 0.3) is 0 Å². The second kappa shape index (κ2) is 5.46. The van der Waals surface area contributed by atoms with Gasteiger partial charge in [0.05, 0.1) is 12.7 Å². The van der Waals surface area contributed by atoms with Gasteiger partial charge in [0, 0.05) is 0 Å². The Balaban J connectivity index is 2.19. The smallest absolute Gasteiger partial charge is 0.369 e. The fourth-order valence-corrected chi connectivity index (χ4v) is 1.42. The van der Waals surface area contributed by atoms with Gasteiger partial charge < -0.3 is 9.47 Å². The summed E-state index contributed by atoms with van der Waals surface area (Å²) in [5.74, 6) is 4.42. The fraction of sp³-hybridized carbons (Fsp3) is 0.875. The molecule has 1 amide bonds. The molecular formula is C8H13F3N2O3. The maximum Gasteiger partial charge on any atom is 0.411 e. The standard InChI is InChI=1S/C8H13F3N2O3/c9-8(10,11)4-15-3-5-1-2-6(16-5)7(14)13-12/h5-6H,1-4,12H2,(H,13,14). The molecule has 1 aliphatic rings. The molecular weight excluding hydrogens is 229 g/mol. The number of carbonyl (C=O) groups excluding carboxylic acids is 1. The quantitative estimate of drug-likeness (QED) is 0.416. The first-order valence-corrected chi connectivity index (χ1v) is 4.73. The molecule has 94 valence electrons. The molecule has 0 aromatic heterocycles. The molecule has 0 bridgehead atoms. The van der Waals surface area contributed by atoms with Crippen LogP contribution >= 0.6 is 0 Å². The van der Waals surface area contributed by atoms with E-state index in [9.17, 15) is 18.0 Å². The molecule has 0 spiro atoms. The summed E-state index contributed by atoms with van der Waals surface area (Å²) in [5, 5.41) is 0. The minimum absolute atomic E-state index is 0.173. The minimum Gasteiger partial charge on any atom is -0.369 e.